The largest absolute Gasteiger partial charge is 0.304 e. The number of carbonyl (C=O) groups excluding carboxylic acids is 1. The van der Waals surface area contributed by atoms with Crippen LogP contribution in [-0.4, -0.2) is 30.3 Å². The Hall–Kier alpha value is -0.370. The second-order valence-electron chi connectivity index (χ2n) is 6.31. The number of Topliss-reactive ketones (excluding diaryl/α,β-unsaturated/α-hetero) is 1. The van der Waals surface area contributed by atoms with Crippen LogP contribution in [0.5, 0.6) is 0 Å². The summed E-state index contributed by atoms with van der Waals surface area (Å²) in [5.41, 5.74) is 0. The molecule has 0 atom stereocenters. The lowest BCUT2D eigenvalue weighted by Crippen LogP contribution is -2.34. The van der Waals surface area contributed by atoms with Gasteiger partial charge in [0, 0.05) is 24.4 Å². The molecule has 1 saturated carbocycles. The molecule has 0 aromatic rings. The highest BCUT2D eigenvalue weighted by atomic mass is 16.1. The summed E-state index contributed by atoms with van der Waals surface area (Å²) in [7, 11) is 2.20. The first kappa shape index (κ1) is 14.7. The van der Waals surface area contributed by atoms with Crippen molar-refractivity contribution in [3.8, 4) is 0 Å². The number of hydrogen-bond donors (Lipinski definition) is 0. The van der Waals surface area contributed by atoms with Crippen molar-refractivity contribution < 1.29 is 4.79 Å². The van der Waals surface area contributed by atoms with Crippen molar-refractivity contribution in [1.29, 1.82) is 0 Å². The Morgan fingerprint density at radius 3 is 2.06 bits per heavy atom. The first-order valence-corrected chi connectivity index (χ1v) is 7.15. The molecular formula is C15H29NO. The minimum Gasteiger partial charge on any atom is -0.304 e. The van der Waals surface area contributed by atoms with E-state index in [1.165, 1.54) is 19.4 Å². The number of hydrogen-bond acceptors (Lipinski definition) is 2. The zero-order valence-electron chi connectivity index (χ0n) is 12.2. The minimum absolute atomic E-state index is 0.217. The first-order chi connectivity index (χ1) is 7.91. The van der Waals surface area contributed by atoms with E-state index in [9.17, 15) is 4.79 Å². The molecule has 2 nitrogen and oxygen atoms in total. The summed E-state index contributed by atoms with van der Waals surface area (Å²) >= 11 is 0. The van der Waals surface area contributed by atoms with Gasteiger partial charge in [-0.05, 0) is 52.5 Å². The van der Waals surface area contributed by atoms with Gasteiger partial charge in [0.15, 0.2) is 0 Å². The molecule has 100 valence electrons. The highest BCUT2D eigenvalue weighted by Gasteiger charge is 2.28. The third kappa shape index (κ3) is 4.42. The Morgan fingerprint density at radius 2 is 1.65 bits per heavy atom. The fourth-order valence-electron chi connectivity index (χ4n) is 2.72. The number of ketones is 1. The molecule has 2 heteroatoms. The molecule has 0 bridgehead atoms. The lowest BCUT2D eigenvalue weighted by molar-refractivity contribution is -0.127. The highest BCUT2D eigenvalue weighted by Crippen LogP contribution is 2.31. The molecule has 0 amide bonds. The van der Waals surface area contributed by atoms with Crippen molar-refractivity contribution in [3.63, 3.8) is 0 Å². The van der Waals surface area contributed by atoms with Crippen LogP contribution < -0.4 is 0 Å². The topological polar surface area (TPSA) is 20.3 Å². The van der Waals surface area contributed by atoms with Crippen LogP contribution in [0.3, 0.4) is 0 Å². The zero-order valence-corrected chi connectivity index (χ0v) is 12.2. The molecule has 0 aromatic heterocycles. The molecule has 0 heterocycles. The lowest BCUT2D eigenvalue weighted by atomic mass is 9.77. The van der Waals surface area contributed by atoms with E-state index in [0.717, 1.165) is 18.8 Å². The Balaban J connectivity index is 2.33. The van der Waals surface area contributed by atoms with Crippen molar-refractivity contribution >= 4 is 5.78 Å². The van der Waals surface area contributed by atoms with Crippen LogP contribution in [0.1, 0.15) is 53.4 Å². The van der Waals surface area contributed by atoms with Gasteiger partial charge in [-0.25, -0.2) is 0 Å². The molecule has 1 fully saturated rings. The second-order valence-corrected chi connectivity index (χ2v) is 6.31. The first-order valence-electron chi connectivity index (χ1n) is 7.15. The predicted octanol–water partition coefficient (Wildman–Crippen LogP) is 3.36. The summed E-state index contributed by atoms with van der Waals surface area (Å²) in [5, 5.41) is 0. The quantitative estimate of drug-likeness (QED) is 0.733. The van der Waals surface area contributed by atoms with E-state index in [2.05, 4.69) is 25.8 Å². The third-order valence-electron chi connectivity index (χ3n) is 4.25. The summed E-state index contributed by atoms with van der Waals surface area (Å²) in [4.78, 5) is 14.4. The van der Waals surface area contributed by atoms with E-state index in [0.29, 0.717) is 17.7 Å². The van der Waals surface area contributed by atoms with E-state index < -0.39 is 0 Å². The smallest absolute Gasteiger partial charge is 0.138 e. The predicted molar refractivity (Wildman–Crippen MR) is 73.1 cm³/mol. The Kier molecular flexibility index (Phi) is 5.64. The molecule has 1 rings (SSSR count). The fourth-order valence-corrected chi connectivity index (χ4v) is 2.72. The molecule has 0 unspecified atom stereocenters. The van der Waals surface area contributed by atoms with E-state index in [1.54, 1.807) is 0 Å². The Labute approximate surface area is 107 Å². The summed E-state index contributed by atoms with van der Waals surface area (Å²) in [5.74, 6) is 1.87. The lowest BCUT2D eigenvalue weighted by Gasteiger charge is -2.32. The van der Waals surface area contributed by atoms with Gasteiger partial charge in [0.05, 0.1) is 0 Å². The second kappa shape index (κ2) is 6.53. The number of carbonyl (C=O) groups is 1. The van der Waals surface area contributed by atoms with Gasteiger partial charge >= 0.3 is 0 Å². The van der Waals surface area contributed by atoms with Crippen LogP contribution in [0.2, 0.25) is 0 Å². The Morgan fingerprint density at radius 1 is 1.12 bits per heavy atom. The summed E-state index contributed by atoms with van der Waals surface area (Å²) in [6.07, 6.45) is 4.71. The van der Waals surface area contributed by atoms with Gasteiger partial charge in [0.2, 0.25) is 0 Å². The van der Waals surface area contributed by atoms with Gasteiger partial charge in [0.25, 0.3) is 0 Å². The molecule has 17 heavy (non-hydrogen) atoms. The minimum atomic E-state index is 0.217. The van der Waals surface area contributed by atoms with Crippen molar-refractivity contribution in [2.75, 3.05) is 13.6 Å². The molecule has 0 spiro atoms. The van der Waals surface area contributed by atoms with E-state index in [4.69, 9.17) is 0 Å². The van der Waals surface area contributed by atoms with Crippen LogP contribution >= 0.6 is 0 Å². The van der Waals surface area contributed by atoms with E-state index >= 15 is 0 Å². The van der Waals surface area contributed by atoms with Gasteiger partial charge in [-0.2, -0.15) is 0 Å². The van der Waals surface area contributed by atoms with Gasteiger partial charge in [-0.3, -0.25) is 4.79 Å². The molecule has 1 aliphatic carbocycles. The maximum atomic E-state index is 11.9. The maximum Gasteiger partial charge on any atom is 0.138 e. The molecule has 0 aromatic carbocycles. The number of nitrogens with zero attached hydrogens (tertiary/aromatic N) is 1. The molecule has 0 N–H and O–H groups in total. The molecule has 0 saturated heterocycles. The monoisotopic (exact) mass is 239 g/mol. The molecule has 0 radical (unpaired) electrons. The molecule has 0 aliphatic heterocycles. The third-order valence-corrected chi connectivity index (χ3v) is 4.25. The SMILES string of the molecule is CC(C)C(=O)C1CCC(CN(C)C(C)C)CC1. The zero-order chi connectivity index (χ0) is 13.0. The van der Waals surface area contributed by atoms with Gasteiger partial charge in [-0.1, -0.05) is 13.8 Å². The Bertz CT molecular complexity index is 239. The highest BCUT2D eigenvalue weighted by molar-refractivity contribution is 5.82. The van der Waals surface area contributed by atoms with Gasteiger partial charge < -0.3 is 4.90 Å². The van der Waals surface area contributed by atoms with Gasteiger partial charge in [-0.15, -0.1) is 0 Å². The average molecular weight is 239 g/mol. The summed E-state index contributed by atoms with van der Waals surface area (Å²) in [6.45, 7) is 9.74. The summed E-state index contributed by atoms with van der Waals surface area (Å²) < 4.78 is 0. The van der Waals surface area contributed by atoms with E-state index in [-0.39, 0.29) is 5.92 Å². The normalized spacial score (nSPS) is 25.9. The van der Waals surface area contributed by atoms with Crippen LogP contribution in [0.4, 0.5) is 0 Å². The van der Waals surface area contributed by atoms with E-state index in [1.807, 2.05) is 13.8 Å². The average Bonchev–Trinajstić information content (AvgIpc) is 2.28. The van der Waals surface area contributed by atoms with Crippen molar-refractivity contribution in [2.45, 2.75) is 59.4 Å². The van der Waals surface area contributed by atoms with Crippen molar-refractivity contribution in [3.05, 3.63) is 0 Å². The number of rotatable bonds is 5. The fraction of sp³-hybridized carbons (Fsp3) is 0.933. The maximum absolute atomic E-state index is 11.9. The van der Waals surface area contributed by atoms with Crippen LogP contribution in [0.25, 0.3) is 0 Å². The van der Waals surface area contributed by atoms with Crippen LogP contribution in [0.15, 0.2) is 0 Å². The van der Waals surface area contributed by atoms with Crippen molar-refractivity contribution in [1.82, 2.24) is 4.90 Å². The van der Waals surface area contributed by atoms with Crippen LogP contribution in [-0.2, 0) is 4.79 Å². The molecule has 1 aliphatic rings. The molecular weight excluding hydrogens is 210 g/mol. The van der Waals surface area contributed by atoms with Crippen LogP contribution in [0, 0.1) is 17.8 Å². The standard InChI is InChI=1S/C15H29NO/c1-11(2)15(17)14-8-6-13(7-9-14)10-16(5)12(3)4/h11-14H,6-10H2,1-5H3. The van der Waals surface area contributed by atoms with Gasteiger partial charge in [0.1, 0.15) is 5.78 Å². The summed E-state index contributed by atoms with van der Waals surface area (Å²) in [6, 6.07) is 0.630. The van der Waals surface area contributed by atoms with Crippen molar-refractivity contribution in [2.24, 2.45) is 17.8 Å².